The van der Waals surface area contributed by atoms with Crippen LogP contribution in [0.15, 0.2) is 74.4 Å². The quantitative estimate of drug-likeness (QED) is 0.246. The molecule has 0 fully saturated rings. The molecule has 2 aliphatic heterocycles. The number of carbonyl (C=O) groups is 1. The minimum Gasteiger partial charge on any atom is -0.506 e. The summed E-state index contributed by atoms with van der Waals surface area (Å²) < 4.78 is 6.95. The van der Waals surface area contributed by atoms with Crippen LogP contribution in [0.2, 0.25) is 0 Å². The molecule has 0 unspecified atom stereocenters. The maximum atomic E-state index is 14.8. The molecular weight excluding hydrogens is 633 g/mol. The zero-order valence-corrected chi connectivity index (χ0v) is 32.2. The van der Waals surface area contributed by atoms with Crippen LogP contribution in [0, 0.1) is 5.41 Å². The molecule has 48 heavy (non-hydrogen) atoms. The fourth-order valence-electron chi connectivity index (χ4n) is 6.41. The Morgan fingerprint density at radius 3 is 1.56 bits per heavy atom. The predicted molar refractivity (Wildman–Crippen MR) is 199 cm³/mol. The predicted octanol–water partition coefficient (Wildman–Crippen LogP) is 11.0. The molecule has 0 radical (unpaired) electrons. The van der Waals surface area contributed by atoms with Crippen LogP contribution in [0.3, 0.4) is 0 Å². The molecule has 0 amide bonds. The number of ether oxygens (including phenoxy) is 1. The molecule has 6 heteroatoms. The van der Waals surface area contributed by atoms with E-state index in [0.717, 1.165) is 38.3 Å². The average molecular weight is 683 g/mol. The summed E-state index contributed by atoms with van der Waals surface area (Å²) in [7, 11) is 0. The summed E-state index contributed by atoms with van der Waals surface area (Å²) in [5, 5.41) is 23.9. The largest absolute Gasteiger partial charge is 0.506 e. The summed E-state index contributed by atoms with van der Waals surface area (Å²) >= 11 is 2.87. The number of rotatable bonds is 0. The molecular formula is C42H50O4S2. The summed E-state index contributed by atoms with van der Waals surface area (Å²) in [6.45, 7) is 26.1. The second kappa shape index (κ2) is 11.2. The van der Waals surface area contributed by atoms with E-state index in [4.69, 9.17) is 4.74 Å². The Hall–Kier alpha value is -3.09. The van der Waals surface area contributed by atoms with Crippen LogP contribution < -0.4 is 4.74 Å². The van der Waals surface area contributed by atoms with Gasteiger partial charge in [0, 0.05) is 24.0 Å². The summed E-state index contributed by atoms with van der Waals surface area (Å²) in [5.74, 6) is 0.949. The topological polar surface area (TPSA) is 66.8 Å². The Bertz CT molecular complexity index is 1920. The van der Waals surface area contributed by atoms with Gasteiger partial charge in [-0.05, 0) is 79.3 Å². The Morgan fingerprint density at radius 2 is 1.08 bits per heavy atom. The molecule has 3 aromatic rings. The average Bonchev–Trinajstić information content (AvgIpc) is 3.31. The number of allylic oxidation sites excluding steroid dienone is 2. The van der Waals surface area contributed by atoms with Gasteiger partial charge in [-0.3, -0.25) is 4.79 Å². The molecule has 3 aliphatic rings. The molecule has 2 heterocycles. The van der Waals surface area contributed by atoms with Crippen molar-refractivity contribution in [2.75, 3.05) is 0 Å². The lowest BCUT2D eigenvalue weighted by molar-refractivity contribution is -0.122. The zero-order chi connectivity index (χ0) is 35.4. The fraction of sp³-hybridized carbons (Fsp3) is 0.452. The number of fused-ring (bicyclic) bond motifs is 5. The number of phenols is 2. The summed E-state index contributed by atoms with van der Waals surface area (Å²) in [4.78, 5) is 15.8. The van der Waals surface area contributed by atoms with E-state index in [1.807, 2.05) is 24.3 Å². The third kappa shape index (κ3) is 6.24. The lowest BCUT2D eigenvalue weighted by Gasteiger charge is -2.33. The number of hydrogen-bond donors (Lipinski definition) is 2. The van der Waals surface area contributed by atoms with E-state index in [1.54, 1.807) is 0 Å². The van der Waals surface area contributed by atoms with E-state index in [9.17, 15) is 15.0 Å². The van der Waals surface area contributed by atoms with Crippen LogP contribution >= 0.6 is 23.5 Å². The highest BCUT2D eigenvalue weighted by Gasteiger charge is 2.50. The molecule has 0 saturated heterocycles. The van der Waals surface area contributed by atoms with Crippen LogP contribution in [-0.2, 0) is 33.9 Å². The van der Waals surface area contributed by atoms with Crippen molar-refractivity contribution in [1.29, 1.82) is 0 Å². The lowest BCUT2D eigenvalue weighted by Crippen LogP contribution is -2.41. The van der Waals surface area contributed by atoms with Crippen molar-refractivity contribution in [3.8, 4) is 17.2 Å². The highest BCUT2D eigenvalue weighted by Crippen LogP contribution is 2.56. The van der Waals surface area contributed by atoms with Gasteiger partial charge in [0.05, 0.1) is 14.7 Å². The van der Waals surface area contributed by atoms with Crippen LogP contribution in [0.1, 0.15) is 116 Å². The van der Waals surface area contributed by atoms with E-state index in [-0.39, 0.29) is 45.4 Å². The number of carbonyl (C=O) groups excluding carboxylic acids is 1. The van der Waals surface area contributed by atoms with Crippen molar-refractivity contribution in [1.82, 2.24) is 0 Å². The monoisotopic (exact) mass is 682 g/mol. The van der Waals surface area contributed by atoms with Gasteiger partial charge >= 0.3 is 0 Å². The van der Waals surface area contributed by atoms with Gasteiger partial charge in [-0.25, -0.2) is 0 Å². The van der Waals surface area contributed by atoms with E-state index in [0.29, 0.717) is 33.1 Å². The van der Waals surface area contributed by atoms with Crippen molar-refractivity contribution >= 4 is 29.3 Å². The maximum absolute atomic E-state index is 14.8. The molecule has 254 valence electrons. The second-order valence-corrected chi connectivity index (χ2v) is 20.2. The molecule has 6 rings (SSSR count). The van der Waals surface area contributed by atoms with Crippen molar-refractivity contribution in [2.24, 2.45) is 5.41 Å². The molecule has 0 aromatic heterocycles. The van der Waals surface area contributed by atoms with Crippen LogP contribution in [0.25, 0.3) is 0 Å². The summed E-state index contributed by atoms with van der Waals surface area (Å²) in [6, 6.07) is 12.6. The van der Waals surface area contributed by atoms with Gasteiger partial charge in [0.15, 0.2) is 0 Å². The van der Waals surface area contributed by atoms with E-state index in [2.05, 4.69) is 107 Å². The number of hydrogen-bond acceptors (Lipinski definition) is 6. The third-order valence-electron chi connectivity index (χ3n) is 9.68. The normalized spacial score (nSPS) is 19.6. The van der Waals surface area contributed by atoms with Gasteiger partial charge in [-0.1, -0.05) is 131 Å². The van der Waals surface area contributed by atoms with Crippen molar-refractivity contribution in [2.45, 2.75) is 132 Å². The van der Waals surface area contributed by atoms with Gasteiger partial charge in [0.2, 0.25) is 10.7 Å². The van der Waals surface area contributed by atoms with Crippen molar-refractivity contribution in [3.63, 3.8) is 0 Å². The smallest absolute Gasteiger partial charge is 0.241 e. The molecule has 1 aliphatic carbocycles. The number of aromatic hydroxyl groups is 2. The van der Waals surface area contributed by atoms with Gasteiger partial charge < -0.3 is 14.9 Å². The minimum absolute atomic E-state index is 0.0944. The van der Waals surface area contributed by atoms with E-state index in [1.165, 1.54) is 23.5 Å². The second-order valence-electron chi connectivity index (χ2n) is 17.9. The zero-order valence-electron chi connectivity index (χ0n) is 30.6. The first-order chi connectivity index (χ1) is 22.0. The van der Waals surface area contributed by atoms with E-state index < -0.39 is 4.93 Å². The first-order valence-corrected chi connectivity index (χ1v) is 18.5. The van der Waals surface area contributed by atoms with Gasteiger partial charge in [-0.2, -0.15) is 0 Å². The Balaban J connectivity index is 1.69. The Morgan fingerprint density at radius 1 is 0.625 bits per heavy atom. The third-order valence-corrected chi connectivity index (χ3v) is 12.0. The lowest BCUT2D eigenvalue weighted by atomic mass is 9.79. The first kappa shape index (κ1) is 34.8. The minimum atomic E-state index is -1.27. The highest BCUT2D eigenvalue weighted by molar-refractivity contribution is 8.01. The van der Waals surface area contributed by atoms with Gasteiger partial charge in [0.25, 0.3) is 0 Å². The van der Waals surface area contributed by atoms with Crippen LogP contribution in [0.5, 0.6) is 17.2 Å². The standard InChI is InChI=1S/C42H50O4S2/c1-38(2,3)27-15-23-13-25-17-29(40(7,8)9)21-33-36(25)46-42(48-33)22-30(41(10,11)12)18-26(37(42)45)14-24-16-28(39(4,5)6)20-32(35(24)44)47-31(19-27)34(23)43/h15-22,43-44H,13-14H2,1-12H3/t42-/m0/s1. The SMILES string of the molecule is CC(C)(C)C1=C[C@]23Oc4c(cc(C(C)(C)C)cc4S2)Cc2cc(C(C)(C)C)cc(c2O)Sc2cc(C(C)(C)C)cc(c2O)CC(=C1)C3=O. The number of phenolic OH excluding ortho intramolecular Hbond substituents is 2. The number of ketones is 1. The highest BCUT2D eigenvalue weighted by atomic mass is 32.2. The Kier molecular flexibility index (Phi) is 8.12. The molecule has 4 nitrogen and oxygen atoms in total. The fourth-order valence-corrected chi connectivity index (χ4v) is 8.78. The molecule has 3 aromatic carbocycles. The van der Waals surface area contributed by atoms with Gasteiger partial charge in [-0.15, -0.1) is 0 Å². The molecule has 0 saturated carbocycles. The van der Waals surface area contributed by atoms with Crippen LogP contribution in [0.4, 0.5) is 0 Å². The molecule has 1 atom stereocenters. The number of Topliss-reactive ketones (excluding diaryl/α,β-unsaturated/α-hetero) is 1. The van der Waals surface area contributed by atoms with Crippen LogP contribution in [-0.4, -0.2) is 20.9 Å². The number of benzene rings is 3. The maximum Gasteiger partial charge on any atom is 0.241 e. The Labute approximate surface area is 295 Å². The van der Waals surface area contributed by atoms with Gasteiger partial charge in [0.1, 0.15) is 17.2 Å². The van der Waals surface area contributed by atoms with Crippen molar-refractivity contribution < 1.29 is 19.7 Å². The first-order valence-electron chi connectivity index (χ1n) is 16.9. The van der Waals surface area contributed by atoms with Crippen molar-refractivity contribution in [3.05, 3.63) is 93.1 Å². The summed E-state index contributed by atoms with van der Waals surface area (Å²) in [6.07, 6.45) is 4.72. The summed E-state index contributed by atoms with van der Waals surface area (Å²) in [5.41, 5.74) is 6.58. The van der Waals surface area contributed by atoms with E-state index >= 15 is 0 Å². The molecule has 1 spiro atoms. The number of thioether (sulfide) groups is 1. The molecule has 7 bridgehead atoms. The molecule has 2 N–H and O–H groups in total.